The minimum atomic E-state index is -4.44. The number of rotatable bonds is 7. The molecule has 120 valence electrons. The molecule has 1 aromatic heterocycles. The van der Waals surface area contributed by atoms with Crippen LogP contribution in [0.15, 0.2) is 0 Å². The number of amides is 1. The summed E-state index contributed by atoms with van der Waals surface area (Å²) in [6, 6.07) is -0.479. The van der Waals surface area contributed by atoms with Crippen LogP contribution in [0.1, 0.15) is 56.5 Å². The highest BCUT2D eigenvalue weighted by Crippen LogP contribution is 2.21. The lowest BCUT2D eigenvalue weighted by atomic mass is 10.1. The molecule has 0 bridgehead atoms. The van der Waals surface area contributed by atoms with Gasteiger partial charge >= 0.3 is 6.18 Å². The zero-order valence-electron chi connectivity index (χ0n) is 12.5. The third-order valence-electron chi connectivity index (χ3n) is 3.20. The number of carbonyl (C=O) groups is 1. The summed E-state index contributed by atoms with van der Waals surface area (Å²) in [4.78, 5) is 17.1. The molecule has 0 saturated heterocycles. The molecule has 1 heterocycles. The van der Waals surface area contributed by atoms with E-state index in [0.717, 1.165) is 11.3 Å². The number of hydrogen-bond donors (Lipinski definition) is 1. The molecule has 0 radical (unpaired) electrons. The van der Waals surface area contributed by atoms with Crippen LogP contribution in [-0.2, 0) is 6.42 Å². The molecule has 0 unspecified atom stereocenters. The molecule has 0 fully saturated rings. The average molecular weight is 306 g/mol. The number of aromatic nitrogens is 3. The van der Waals surface area contributed by atoms with Crippen LogP contribution in [0.4, 0.5) is 13.2 Å². The van der Waals surface area contributed by atoms with Crippen LogP contribution in [0.5, 0.6) is 0 Å². The molecular weight excluding hydrogens is 285 g/mol. The number of alkyl halides is 3. The van der Waals surface area contributed by atoms with Crippen LogP contribution < -0.4 is 0 Å². The van der Waals surface area contributed by atoms with Crippen molar-refractivity contribution < 1.29 is 18.0 Å². The van der Waals surface area contributed by atoms with E-state index in [0.29, 0.717) is 25.1 Å². The van der Waals surface area contributed by atoms with Crippen molar-refractivity contribution >= 4 is 5.91 Å². The fraction of sp³-hybridized carbons (Fsp3) is 0.769. The Morgan fingerprint density at radius 1 is 1.29 bits per heavy atom. The molecule has 5 nitrogen and oxygen atoms in total. The first-order valence-corrected chi connectivity index (χ1v) is 7.11. The Morgan fingerprint density at radius 2 is 1.90 bits per heavy atom. The van der Waals surface area contributed by atoms with Gasteiger partial charge in [-0.1, -0.05) is 20.8 Å². The molecule has 1 rings (SSSR count). The van der Waals surface area contributed by atoms with Crippen molar-refractivity contribution in [2.45, 2.75) is 58.7 Å². The Labute approximate surface area is 121 Å². The lowest BCUT2D eigenvalue weighted by Crippen LogP contribution is -2.45. The Balaban J connectivity index is 2.97. The summed E-state index contributed by atoms with van der Waals surface area (Å²) in [5.74, 6) is -0.466. The number of aromatic amines is 1. The molecule has 0 saturated carbocycles. The first-order chi connectivity index (χ1) is 9.82. The van der Waals surface area contributed by atoms with Gasteiger partial charge in [0.25, 0.3) is 5.91 Å². The standard InChI is InChI=1S/C13H21F3N4O/c1-4-7-10-17-11(19-18-10)12(21)20(8-13(14,15)16)9(5-2)6-3/h9H,4-8H2,1-3H3,(H,17,18,19). The van der Waals surface area contributed by atoms with Gasteiger partial charge < -0.3 is 4.90 Å². The van der Waals surface area contributed by atoms with E-state index in [2.05, 4.69) is 15.2 Å². The molecule has 0 aromatic carbocycles. The summed E-state index contributed by atoms with van der Waals surface area (Å²) < 4.78 is 38.1. The highest BCUT2D eigenvalue weighted by Gasteiger charge is 2.37. The fourth-order valence-electron chi connectivity index (χ4n) is 2.16. The van der Waals surface area contributed by atoms with Crippen LogP contribution in [0, 0.1) is 0 Å². The quantitative estimate of drug-likeness (QED) is 0.842. The van der Waals surface area contributed by atoms with Crippen molar-refractivity contribution in [1.82, 2.24) is 20.1 Å². The van der Waals surface area contributed by atoms with Crippen molar-refractivity contribution in [3.05, 3.63) is 11.6 Å². The van der Waals surface area contributed by atoms with E-state index in [1.807, 2.05) is 6.92 Å². The minimum absolute atomic E-state index is 0.199. The van der Waals surface area contributed by atoms with E-state index in [-0.39, 0.29) is 5.82 Å². The van der Waals surface area contributed by atoms with Crippen LogP contribution in [0.2, 0.25) is 0 Å². The first-order valence-electron chi connectivity index (χ1n) is 7.11. The van der Waals surface area contributed by atoms with E-state index in [1.165, 1.54) is 0 Å². The smallest absolute Gasteiger partial charge is 0.324 e. The van der Waals surface area contributed by atoms with Crippen molar-refractivity contribution in [2.75, 3.05) is 6.54 Å². The second-order valence-corrected chi connectivity index (χ2v) is 4.87. The Hall–Kier alpha value is -1.60. The van der Waals surface area contributed by atoms with Gasteiger partial charge in [0.05, 0.1) is 0 Å². The van der Waals surface area contributed by atoms with Crippen LogP contribution in [0.3, 0.4) is 0 Å². The lowest BCUT2D eigenvalue weighted by molar-refractivity contribution is -0.145. The largest absolute Gasteiger partial charge is 0.406 e. The summed E-state index contributed by atoms with van der Waals surface area (Å²) in [5, 5.41) is 6.33. The zero-order chi connectivity index (χ0) is 16.0. The molecule has 0 aliphatic carbocycles. The number of H-pyrrole nitrogens is 1. The third kappa shape index (κ3) is 5.02. The molecule has 0 aliphatic heterocycles. The van der Waals surface area contributed by atoms with Crippen LogP contribution in [-0.4, -0.2) is 44.8 Å². The van der Waals surface area contributed by atoms with Gasteiger partial charge in [-0.2, -0.15) is 13.2 Å². The number of nitrogens with one attached hydrogen (secondary N) is 1. The minimum Gasteiger partial charge on any atom is -0.324 e. The third-order valence-corrected chi connectivity index (χ3v) is 3.20. The maximum absolute atomic E-state index is 12.7. The van der Waals surface area contributed by atoms with Gasteiger partial charge in [0.2, 0.25) is 5.82 Å². The summed E-state index contributed by atoms with van der Waals surface area (Å²) in [5.41, 5.74) is 0. The monoisotopic (exact) mass is 306 g/mol. The summed E-state index contributed by atoms with van der Waals surface area (Å²) in [6.45, 7) is 4.16. The number of aryl methyl sites for hydroxylation is 1. The van der Waals surface area contributed by atoms with E-state index >= 15 is 0 Å². The molecule has 21 heavy (non-hydrogen) atoms. The van der Waals surface area contributed by atoms with Gasteiger partial charge in [-0.25, -0.2) is 4.98 Å². The fourth-order valence-corrected chi connectivity index (χ4v) is 2.16. The number of carbonyl (C=O) groups excluding carboxylic acids is 1. The summed E-state index contributed by atoms with van der Waals surface area (Å²) >= 11 is 0. The van der Waals surface area contributed by atoms with Gasteiger partial charge in [-0.05, 0) is 19.3 Å². The molecule has 0 aliphatic rings. The lowest BCUT2D eigenvalue weighted by Gasteiger charge is -2.30. The Morgan fingerprint density at radius 3 is 2.38 bits per heavy atom. The van der Waals surface area contributed by atoms with Gasteiger partial charge in [-0.3, -0.25) is 9.89 Å². The maximum atomic E-state index is 12.7. The Kier molecular flexibility index (Phi) is 6.17. The first kappa shape index (κ1) is 17.5. The number of halogens is 3. The highest BCUT2D eigenvalue weighted by molar-refractivity contribution is 5.90. The van der Waals surface area contributed by atoms with Crippen molar-refractivity contribution in [2.24, 2.45) is 0 Å². The SMILES string of the molecule is CCCc1nc(C(=O)N(CC(F)(F)F)C(CC)CC)n[nH]1. The predicted octanol–water partition coefficient (Wildman–Crippen LogP) is 2.95. The van der Waals surface area contributed by atoms with Gasteiger partial charge in [0.1, 0.15) is 12.4 Å². The van der Waals surface area contributed by atoms with Crippen LogP contribution >= 0.6 is 0 Å². The second kappa shape index (κ2) is 7.42. The van der Waals surface area contributed by atoms with E-state index in [4.69, 9.17) is 0 Å². The van der Waals surface area contributed by atoms with E-state index in [1.54, 1.807) is 13.8 Å². The maximum Gasteiger partial charge on any atom is 0.406 e. The molecule has 1 N–H and O–H groups in total. The van der Waals surface area contributed by atoms with E-state index < -0.39 is 24.7 Å². The molecule has 1 amide bonds. The highest BCUT2D eigenvalue weighted by atomic mass is 19.4. The summed E-state index contributed by atoms with van der Waals surface area (Å²) in [7, 11) is 0. The molecular formula is C13H21F3N4O. The number of hydrogen-bond acceptors (Lipinski definition) is 3. The topological polar surface area (TPSA) is 61.9 Å². The number of nitrogens with zero attached hydrogens (tertiary/aromatic N) is 3. The van der Waals surface area contributed by atoms with Gasteiger partial charge in [-0.15, -0.1) is 5.10 Å². The molecule has 0 atom stereocenters. The van der Waals surface area contributed by atoms with E-state index in [9.17, 15) is 18.0 Å². The average Bonchev–Trinajstić information content (AvgIpc) is 2.86. The van der Waals surface area contributed by atoms with Crippen molar-refractivity contribution in [3.8, 4) is 0 Å². The Bertz CT molecular complexity index is 455. The normalized spacial score (nSPS) is 12.0. The van der Waals surface area contributed by atoms with Crippen molar-refractivity contribution in [1.29, 1.82) is 0 Å². The second-order valence-electron chi connectivity index (χ2n) is 4.87. The molecule has 8 heteroatoms. The summed E-state index contributed by atoms with van der Waals surface area (Å²) in [6.07, 6.45) is -2.14. The predicted molar refractivity (Wildman–Crippen MR) is 71.8 cm³/mol. The van der Waals surface area contributed by atoms with Crippen molar-refractivity contribution in [3.63, 3.8) is 0 Å². The van der Waals surface area contributed by atoms with Gasteiger partial charge in [0.15, 0.2) is 0 Å². The van der Waals surface area contributed by atoms with Gasteiger partial charge in [0, 0.05) is 12.5 Å². The zero-order valence-corrected chi connectivity index (χ0v) is 12.5. The van der Waals surface area contributed by atoms with Crippen LogP contribution in [0.25, 0.3) is 0 Å². The molecule has 0 spiro atoms. The molecule has 1 aromatic rings.